The molecule has 2 aliphatic rings. The topological polar surface area (TPSA) is 53.9 Å². The molecule has 2 aromatic carbocycles. The number of amides is 1. The summed E-state index contributed by atoms with van der Waals surface area (Å²) in [5, 5.41) is 3.31. The van der Waals surface area contributed by atoms with Crippen molar-refractivity contribution in [1.82, 2.24) is 5.32 Å². The average Bonchev–Trinajstić information content (AvgIpc) is 3.04. The number of hydrogen-bond donors (Lipinski definition) is 1. The Balaban J connectivity index is 1.53. The fourth-order valence-corrected chi connectivity index (χ4v) is 4.18. The summed E-state index contributed by atoms with van der Waals surface area (Å²) in [7, 11) is 0. The van der Waals surface area contributed by atoms with Gasteiger partial charge in [0.15, 0.2) is 5.17 Å². The summed E-state index contributed by atoms with van der Waals surface area (Å²) in [6.07, 6.45) is 1.69. The highest BCUT2D eigenvalue weighted by Gasteiger charge is 2.24. The Kier molecular flexibility index (Phi) is 5.69. The highest BCUT2D eigenvalue weighted by Crippen LogP contribution is 2.30. The van der Waals surface area contributed by atoms with Crippen LogP contribution in [0.3, 0.4) is 0 Å². The molecular weight excluding hydrogens is 389 g/mol. The molecule has 29 heavy (non-hydrogen) atoms. The summed E-state index contributed by atoms with van der Waals surface area (Å²) < 4.78 is 19.9. The third-order valence-corrected chi connectivity index (χ3v) is 5.76. The largest absolute Gasteiger partial charge is 0.378 e. The number of thioether (sulfide) groups is 1. The molecule has 0 aromatic heterocycles. The number of morpholine rings is 1. The fourth-order valence-electron chi connectivity index (χ4n) is 3.35. The lowest BCUT2D eigenvalue weighted by molar-refractivity contribution is -0.115. The van der Waals surface area contributed by atoms with E-state index < -0.39 is 0 Å². The van der Waals surface area contributed by atoms with Crippen molar-refractivity contribution in [3.63, 3.8) is 0 Å². The van der Waals surface area contributed by atoms with Gasteiger partial charge in [0.2, 0.25) is 0 Å². The molecule has 0 unspecified atom stereocenters. The molecule has 2 aliphatic heterocycles. The molecule has 2 aromatic rings. The van der Waals surface area contributed by atoms with E-state index in [0.717, 1.165) is 16.8 Å². The summed E-state index contributed by atoms with van der Waals surface area (Å²) >= 11 is 1.26. The van der Waals surface area contributed by atoms with Gasteiger partial charge in [0.25, 0.3) is 5.91 Å². The zero-order chi connectivity index (χ0) is 20.4. The number of amidine groups is 1. The van der Waals surface area contributed by atoms with Crippen molar-refractivity contribution < 1.29 is 13.9 Å². The molecule has 0 atom stereocenters. The fraction of sp³-hybridized carbons (Fsp3) is 0.273. The summed E-state index contributed by atoms with van der Waals surface area (Å²) in [6.45, 7) is 6.57. The van der Waals surface area contributed by atoms with E-state index in [1.54, 1.807) is 12.1 Å². The van der Waals surface area contributed by atoms with Gasteiger partial charge in [0, 0.05) is 13.1 Å². The molecule has 2 heterocycles. The molecule has 7 heteroatoms. The molecule has 0 bridgehead atoms. The van der Waals surface area contributed by atoms with Gasteiger partial charge in [0.05, 0.1) is 29.5 Å². The van der Waals surface area contributed by atoms with Crippen LogP contribution in [0.5, 0.6) is 0 Å². The number of halogens is 1. The second kappa shape index (κ2) is 8.39. The van der Waals surface area contributed by atoms with Gasteiger partial charge in [-0.15, -0.1) is 0 Å². The number of benzene rings is 2. The quantitative estimate of drug-likeness (QED) is 0.771. The smallest absolute Gasteiger partial charge is 0.264 e. The Bertz CT molecular complexity index is 1010. The normalized spacial score (nSPS) is 19.8. The Labute approximate surface area is 173 Å². The Hall–Kier alpha value is -2.64. The van der Waals surface area contributed by atoms with Gasteiger partial charge in [-0.25, -0.2) is 9.38 Å². The minimum absolute atomic E-state index is 0.226. The van der Waals surface area contributed by atoms with Gasteiger partial charge in [-0.05, 0) is 61.0 Å². The third kappa shape index (κ3) is 4.52. The van der Waals surface area contributed by atoms with Gasteiger partial charge >= 0.3 is 0 Å². The molecule has 1 N–H and O–H groups in total. The molecule has 4 rings (SSSR count). The minimum Gasteiger partial charge on any atom is -0.378 e. The van der Waals surface area contributed by atoms with Crippen LogP contribution in [-0.2, 0) is 9.53 Å². The highest BCUT2D eigenvalue weighted by atomic mass is 32.2. The maximum Gasteiger partial charge on any atom is 0.264 e. The second-order valence-electron chi connectivity index (χ2n) is 7.08. The Morgan fingerprint density at radius 1 is 1.17 bits per heavy atom. The van der Waals surface area contributed by atoms with Crippen molar-refractivity contribution in [1.29, 1.82) is 0 Å². The van der Waals surface area contributed by atoms with Crippen LogP contribution in [0, 0.1) is 19.7 Å². The van der Waals surface area contributed by atoms with E-state index in [4.69, 9.17) is 4.74 Å². The number of nitrogens with one attached hydrogen (secondary N) is 1. The number of carbonyl (C=O) groups excluding carboxylic acids is 1. The molecule has 150 valence electrons. The maximum atomic E-state index is 14.6. The van der Waals surface area contributed by atoms with E-state index in [9.17, 15) is 9.18 Å². The molecule has 0 spiro atoms. The number of aliphatic imine (C=N–C) groups is 1. The van der Waals surface area contributed by atoms with Crippen molar-refractivity contribution in [3.05, 3.63) is 63.8 Å². The van der Waals surface area contributed by atoms with Gasteiger partial charge in [-0.1, -0.05) is 23.8 Å². The monoisotopic (exact) mass is 411 g/mol. The number of anilines is 1. The van der Waals surface area contributed by atoms with Crippen LogP contribution in [0.1, 0.15) is 16.7 Å². The predicted octanol–water partition coefficient (Wildman–Crippen LogP) is 4.17. The molecule has 2 saturated heterocycles. The molecule has 5 nitrogen and oxygen atoms in total. The summed E-state index contributed by atoms with van der Waals surface area (Å²) in [5.74, 6) is -0.523. The van der Waals surface area contributed by atoms with Crippen molar-refractivity contribution in [2.24, 2.45) is 4.99 Å². The van der Waals surface area contributed by atoms with Crippen molar-refractivity contribution >= 4 is 40.3 Å². The number of nitrogens with zero attached hydrogens (tertiary/aromatic N) is 2. The molecule has 0 aliphatic carbocycles. The van der Waals surface area contributed by atoms with Gasteiger partial charge in [0.1, 0.15) is 5.82 Å². The summed E-state index contributed by atoms with van der Waals surface area (Å²) in [5.41, 5.74) is 4.24. The van der Waals surface area contributed by atoms with Crippen LogP contribution >= 0.6 is 11.8 Å². The number of hydrogen-bond acceptors (Lipinski definition) is 5. The van der Waals surface area contributed by atoms with E-state index in [-0.39, 0.29) is 11.7 Å². The number of rotatable bonds is 3. The highest BCUT2D eigenvalue weighted by molar-refractivity contribution is 8.18. The molecule has 0 saturated carbocycles. The lowest BCUT2D eigenvalue weighted by Gasteiger charge is -2.29. The van der Waals surface area contributed by atoms with Crippen molar-refractivity contribution in [2.45, 2.75) is 13.8 Å². The number of aryl methyl sites for hydroxylation is 2. The van der Waals surface area contributed by atoms with Crippen LogP contribution in [0.4, 0.5) is 15.8 Å². The Morgan fingerprint density at radius 3 is 2.69 bits per heavy atom. The third-order valence-electron chi connectivity index (χ3n) is 4.85. The first-order valence-corrected chi connectivity index (χ1v) is 10.3. The lowest BCUT2D eigenvalue weighted by atomic mass is 10.1. The van der Waals surface area contributed by atoms with Crippen LogP contribution in [0.15, 0.2) is 46.3 Å². The van der Waals surface area contributed by atoms with Crippen LogP contribution in [-0.4, -0.2) is 37.4 Å². The molecule has 2 fully saturated rings. The first kappa shape index (κ1) is 19.7. The van der Waals surface area contributed by atoms with Crippen LogP contribution in [0.25, 0.3) is 6.08 Å². The van der Waals surface area contributed by atoms with E-state index in [2.05, 4.69) is 16.4 Å². The SMILES string of the molecule is Cc1ccc(N=C2NC(=O)/C(=C/c3ccc(N4CCOCC4)c(F)c3)S2)c(C)c1. The second-order valence-corrected chi connectivity index (χ2v) is 8.11. The number of ether oxygens (including phenoxy) is 1. The van der Waals surface area contributed by atoms with E-state index in [0.29, 0.717) is 47.6 Å². The first-order valence-electron chi connectivity index (χ1n) is 9.49. The molecule has 1 amide bonds. The first-order chi connectivity index (χ1) is 14.0. The molecular formula is C22H22FN3O2S. The van der Waals surface area contributed by atoms with Crippen LogP contribution in [0.2, 0.25) is 0 Å². The van der Waals surface area contributed by atoms with Gasteiger partial charge in [-0.3, -0.25) is 4.79 Å². The van der Waals surface area contributed by atoms with Crippen LogP contribution < -0.4 is 10.2 Å². The van der Waals surface area contributed by atoms with Gasteiger partial charge < -0.3 is 15.0 Å². The Morgan fingerprint density at radius 2 is 1.97 bits per heavy atom. The van der Waals surface area contributed by atoms with E-state index in [1.165, 1.54) is 17.8 Å². The van der Waals surface area contributed by atoms with Crippen molar-refractivity contribution in [2.75, 3.05) is 31.2 Å². The standard InChI is InChI=1S/C22H22FN3O2S/c1-14-3-5-18(15(2)11-14)24-22-25-21(27)20(29-22)13-16-4-6-19(17(23)12-16)26-7-9-28-10-8-26/h3-6,11-13H,7-10H2,1-2H3,(H,24,25,27)/b20-13-. The average molecular weight is 412 g/mol. The summed E-state index contributed by atoms with van der Waals surface area (Å²) in [4.78, 5) is 19.3. The van der Waals surface area contributed by atoms with Gasteiger partial charge in [-0.2, -0.15) is 0 Å². The van der Waals surface area contributed by atoms with Crippen molar-refractivity contribution in [3.8, 4) is 0 Å². The lowest BCUT2D eigenvalue weighted by Crippen LogP contribution is -2.36. The minimum atomic E-state index is -0.297. The molecule has 0 radical (unpaired) electrons. The maximum absolute atomic E-state index is 14.6. The van der Waals surface area contributed by atoms with E-state index in [1.807, 2.05) is 36.9 Å². The number of carbonyl (C=O) groups is 1. The zero-order valence-electron chi connectivity index (χ0n) is 16.4. The zero-order valence-corrected chi connectivity index (χ0v) is 17.2. The van der Waals surface area contributed by atoms with E-state index >= 15 is 0 Å². The summed E-state index contributed by atoms with van der Waals surface area (Å²) in [6, 6.07) is 11.0. The predicted molar refractivity (Wildman–Crippen MR) is 116 cm³/mol.